The van der Waals surface area contributed by atoms with Crippen LogP contribution < -0.4 is 0 Å². The lowest BCUT2D eigenvalue weighted by Gasteiger charge is -2.02. The van der Waals surface area contributed by atoms with E-state index in [1.807, 2.05) is 22.9 Å². The first kappa shape index (κ1) is 9.78. The van der Waals surface area contributed by atoms with E-state index in [1.165, 1.54) is 19.4 Å². The highest BCUT2D eigenvalue weighted by Gasteiger charge is 2.36. The van der Waals surface area contributed by atoms with Crippen molar-refractivity contribution in [2.24, 2.45) is 0 Å². The molecule has 1 aromatic heterocycles. The molecule has 84 valence electrons. The maximum Gasteiger partial charge on any atom is 0.119 e. The van der Waals surface area contributed by atoms with Crippen molar-refractivity contribution in [3.8, 4) is 0 Å². The van der Waals surface area contributed by atoms with Crippen LogP contribution in [0.2, 0.25) is 0 Å². The van der Waals surface area contributed by atoms with E-state index in [4.69, 9.17) is 0 Å². The topological polar surface area (TPSA) is 33.7 Å². The number of hydrogen-bond acceptors (Lipinski definition) is 3. The molecule has 1 aliphatic rings. The van der Waals surface area contributed by atoms with Gasteiger partial charge >= 0.3 is 0 Å². The van der Waals surface area contributed by atoms with Gasteiger partial charge in [0.05, 0.1) is 5.52 Å². The van der Waals surface area contributed by atoms with Gasteiger partial charge in [-0.25, -0.2) is 4.68 Å². The maximum atomic E-state index is 4.24. The van der Waals surface area contributed by atoms with Crippen molar-refractivity contribution in [2.75, 3.05) is 13.1 Å². The fourth-order valence-corrected chi connectivity index (χ4v) is 2.10. The number of fused-ring (bicyclic) bond motifs is 1. The van der Waals surface area contributed by atoms with E-state index in [9.17, 15) is 0 Å². The molecule has 2 heterocycles. The monoisotopic (exact) mass is 216 g/mol. The van der Waals surface area contributed by atoms with Crippen molar-refractivity contribution in [1.82, 2.24) is 19.9 Å². The number of unbranched alkanes of at least 4 members (excludes halogenated alkanes) is 1. The Hall–Kier alpha value is -1.42. The predicted molar refractivity (Wildman–Crippen MR) is 63.0 cm³/mol. The predicted octanol–water partition coefficient (Wildman–Crippen LogP) is 2.05. The molecule has 4 nitrogen and oxygen atoms in total. The van der Waals surface area contributed by atoms with Gasteiger partial charge in [-0.2, -0.15) is 0 Å². The molecule has 16 heavy (non-hydrogen) atoms. The van der Waals surface area contributed by atoms with Gasteiger partial charge < -0.3 is 0 Å². The van der Waals surface area contributed by atoms with E-state index in [0.29, 0.717) is 6.17 Å². The molecule has 2 aromatic rings. The molecule has 0 amide bonds. The van der Waals surface area contributed by atoms with E-state index in [1.54, 1.807) is 0 Å². The molecule has 1 aromatic carbocycles. The number of para-hydroxylation sites is 1. The van der Waals surface area contributed by atoms with Crippen molar-refractivity contribution in [3.63, 3.8) is 0 Å². The Bertz CT molecular complexity index is 490. The molecule has 1 saturated heterocycles. The van der Waals surface area contributed by atoms with Crippen LogP contribution in [0, 0.1) is 0 Å². The summed E-state index contributed by atoms with van der Waals surface area (Å²) in [4.78, 5) is 2.44. The van der Waals surface area contributed by atoms with Crippen LogP contribution in [0.1, 0.15) is 25.9 Å². The number of rotatable bonds is 4. The summed E-state index contributed by atoms with van der Waals surface area (Å²) in [5.74, 6) is 0. The third-order valence-electron chi connectivity index (χ3n) is 3.14. The van der Waals surface area contributed by atoms with E-state index in [0.717, 1.165) is 17.6 Å². The van der Waals surface area contributed by atoms with Crippen LogP contribution in [-0.2, 0) is 0 Å². The molecule has 4 heteroatoms. The van der Waals surface area contributed by atoms with E-state index in [-0.39, 0.29) is 0 Å². The fourth-order valence-electron chi connectivity index (χ4n) is 2.10. The maximum absolute atomic E-state index is 4.24. The summed E-state index contributed by atoms with van der Waals surface area (Å²) in [7, 11) is 0. The van der Waals surface area contributed by atoms with Crippen LogP contribution >= 0.6 is 0 Å². The highest BCUT2D eigenvalue weighted by molar-refractivity contribution is 5.74. The normalized spacial score (nSPS) is 23.8. The average molecular weight is 216 g/mol. The van der Waals surface area contributed by atoms with Crippen LogP contribution in [0.25, 0.3) is 11.0 Å². The molecule has 0 saturated carbocycles. The molecular formula is C12H16N4. The second-order valence-electron chi connectivity index (χ2n) is 4.35. The minimum atomic E-state index is 0.443. The number of nitrogens with zero attached hydrogens (tertiary/aromatic N) is 4. The smallest absolute Gasteiger partial charge is 0.119 e. The minimum Gasteiger partial charge on any atom is -0.277 e. The first-order valence-corrected chi connectivity index (χ1v) is 5.94. The first-order valence-electron chi connectivity index (χ1n) is 5.94. The zero-order chi connectivity index (χ0) is 11.0. The van der Waals surface area contributed by atoms with E-state index in [2.05, 4.69) is 28.2 Å². The summed E-state index contributed by atoms with van der Waals surface area (Å²) in [6.45, 7) is 4.52. The summed E-state index contributed by atoms with van der Waals surface area (Å²) in [6, 6.07) is 8.15. The Morgan fingerprint density at radius 2 is 2.25 bits per heavy atom. The highest BCUT2D eigenvalue weighted by atomic mass is 15.6. The van der Waals surface area contributed by atoms with Gasteiger partial charge in [0.1, 0.15) is 11.7 Å². The third kappa shape index (κ3) is 1.59. The van der Waals surface area contributed by atoms with Gasteiger partial charge in [0.15, 0.2) is 0 Å². The third-order valence-corrected chi connectivity index (χ3v) is 3.14. The lowest BCUT2D eigenvalue weighted by molar-refractivity contribution is 0.420. The molecular weight excluding hydrogens is 200 g/mol. The van der Waals surface area contributed by atoms with Crippen molar-refractivity contribution in [1.29, 1.82) is 0 Å². The minimum absolute atomic E-state index is 0.443. The lowest BCUT2D eigenvalue weighted by Crippen LogP contribution is -2.06. The molecule has 2 atom stereocenters. The zero-order valence-corrected chi connectivity index (χ0v) is 9.50. The standard InChI is InChI=1S/C12H16N4/c1-2-3-8-15-9-12(15)16-11-7-5-4-6-10(11)13-14-16/h4-7,12H,2-3,8-9H2,1H3. The van der Waals surface area contributed by atoms with Gasteiger partial charge in [0, 0.05) is 13.1 Å². The Kier molecular flexibility index (Phi) is 2.36. The van der Waals surface area contributed by atoms with Gasteiger partial charge in [0.2, 0.25) is 0 Å². The van der Waals surface area contributed by atoms with Gasteiger partial charge in [-0.3, -0.25) is 4.90 Å². The van der Waals surface area contributed by atoms with Crippen molar-refractivity contribution in [3.05, 3.63) is 24.3 Å². The van der Waals surface area contributed by atoms with Crippen LogP contribution in [0.5, 0.6) is 0 Å². The molecule has 0 radical (unpaired) electrons. The SMILES string of the molecule is CCCCN1CC1n1nnc2ccccc21. The number of hydrogen-bond donors (Lipinski definition) is 0. The van der Waals surface area contributed by atoms with Gasteiger partial charge in [-0.15, -0.1) is 5.10 Å². The van der Waals surface area contributed by atoms with Gasteiger partial charge in [-0.05, 0) is 18.6 Å². The van der Waals surface area contributed by atoms with Crippen LogP contribution in [-0.4, -0.2) is 33.0 Å². The van der Waals surface area contributed by atoms with Gasteiger partial charge in [0.25, 0.3) is 0 Å². The van der Waals surface area contributed by atoms with Gasteiger partial charge in [-0.1, -0.05) is 30.7 Å². The molecule has 2 unspecified atom stereocenters. The van der Waals surface area contributed by atoms with Crippen LogP contribution in [0.4, 0.5) is 0 Å². The molecule has 0 bridgehead atoms. The Morgan fingerprint density at radius 3 is 3.12 bits per heavy atom. The number of aromatic nitrogens is 3. The molecule has 1 fully saturated rings. The quantitative estimate of drug-likeness (QED) is 0.733. The van der Waals surface area contributed by atoms with Crippen LogP contribution in [0.3, 0.4) is 0 Å². The molecule has 0 N–H and O–H groups in total. The Balaban J connectivity index is 1.81. The summed E-state index contributed by atoms with van der Waals surface area (Å²) < 4.78 is 2.05. The van der Waals surface area contributed by atoms with Crippen LogP contribution in [0.15, 0.2) is 24.3 Å². The average Bonchev–Trinajstić information content (AvgIpc) is 2.96. The van der Waals surface area contributed by atoms with Crippen molar-refractivity contribution < 1.29 is 0 Å². The lowest BCUT2D eigenvalue weighted by atomic mass is 10.3. The Labute approximate surface area is 94.9 Å². The van der Waals surface area contributed by atoms with Crippen molar-refractivity contribution >= 4 is 11.0 Å². The summed E-state index contributed by atoms with van der Waals surface area (Å²) in [6.07, 6.45) is 2.96. The molecule has 0 spiro atoms. The zero-order valence-electron chi connectivity index (χ0n) is 9.50. The molecule has 3 rings (SSSR count). The second-order valence-corrected chi connectivity index (χ2v) is 4.35. The summed E-state index contributed by atoms with van der Waals surface area (Å²) in [5.41, 5.74) is 2.14. The van der Waals surface area contributed by atoms with E-state index >= 15 is 0 Å². The highest BCUT2D eigenvalue weighted by Crippen LogP contribution is 2.30. The largest absolute Gasteiger partial charge is 0.277 e. The molecule has 0 aliphatic carbocycles. The number of benzene rings is 1. The summed E-state index contributed by atoms with van der Waals surface area (Å²) in [5, 5.41) is 8.42. The summed E-state index contributed by atoms with van der Waals surface area (Å²) >= 11 is 0. The van der Waals surface area contributed by atoms with Crippen molar-refractivity contribution in [2.45, 2.75) is 25.9 Å². The van der Waals surface area contributed by atoms with E-state index < -0.39 is 0 Å². The Morgan fingerprint density at radius 1 is 1.38 bits per heavy atom. The fraction of sp³-hybridized carbons (Fsp3) is 0.500. The second kappa shape index (κ2) is 3.87. The first-order chi connectivity index (χ1) is 7.90. The molecule has 1 aliphatic heterocycles.